The minimum absolute atomic E-state index is 0.145. The van der Waals surface area contributed by atoms with Crippen molar-refractivity contribution >= 4 is 24.1 Å². The van der Waals surface area contributed by atoms with Crippen LogP contribution in [0.25, 0.3) is 0 Å². The molecule has 0 aliphatic rings. The third-order valence-electron chi connectivity index (χ3n) is 3.40. The Balaban J connectivity index is 3.98. The summed E-state index contributed by atoms with van der Waals surface area (Å²) in [5, 5.41) is 4.82. The van der Waals surface area contributed by atoms with Gasteiger partial charge in [0.25, 0.3) is 0 Å². The first kappa shape index (κ1) is 29.2. The summed E-state index contributed by atoms with van der Waals surface area (Å²) in [6.45, 7) is 13.7. The molecule has 184 valence electrons. The third-order valence-corrected chi connectivity index (χ3v) is 3.40. The van der Waals surface area contributed by atoms with Gasteiger partial charge in [-0.2, -0.15) is 0 Å². The number of rotatable bonds is 10. The second kappa shape index (κ2) is 13.6. The van der Waals surface area contributed by atoms with E-state index in [9.17, 15) is 19.2 Å². The number of carbonyl (C=O) groups is 4. The Kier molecular flexibility index (Phi) is 12.4. The van der Waals surface area contributed by atoms with Crippen molar-refractivity contribution in [2.45, 2.75) is 91.5 Å². The maximum Gasteiger partial charge on any atom is 0.408 e. The second-order valence-corrected chi connectivity index (χ2v) is 9.12. The van der Waals surface area contributed by atoms with Crippen LogP contribution in [0.2, 0.25) is 0 Å². The first-order valence-electron chi connectivity index (χ1n) is 10.6. The first-order chi connectivity index (χ1) is 14.6. The number of esters is 2. The molecule has 10 nitrogen and oxygen atoms in total. The monoisotopic (exact) mass is 458 g/mol. The van der Waals surface area contributed by atoms with Gasteiger partial charge in [0.2, 0.25) is 0 Å². The lowest BCUT2D eigenvalue weighted by atomic mass is 10.2. The van der Waals surface area contributed by atoms with Gasteiger partial charge in [-0.05, 0) is 68.2 Å². The fourth-order valence-electron chi connectivity index (χ4n) is 2.03. The van der Waals surface area contributed by atoms with E-state index < -0.39 is 47.4 Å². The summed E-state index contributed by atoms with van der Waals surface area (Å²) in [6, 6.07) is -1.66. The van der Waals surface area contributed by atoms with Crippen LogP contribution in [0.1, 0.15) is 68.2 Å². The molecule has 0 saturated heterocycles. The number of hydrogen-bond donors (Lipinski definition) is 2. The minimum atomic E-state index is -0.829. The van der Waals surface area contributed by atoms with Gasteiger partial charge in [-0.3, -0.25) is 0 Å². The number of ether oxygens (including phenoxy) is 4. The molecule has 2 N–H and O–H groups in total. The molecule has 0 aromatic heterocycles. The van der Waals surface area contributed by atoms with E-state index in [-0.39, 0.29) is 13.2 Å². The zero-order valence-electron chi connectivity index (χ0n) is 20.4. The summed E-state index contributed by atoms with van der Waals surface area (Å²) in [6.07, 6.45) is 3.13. The van der Waals surface area contributed by atoms with E-state index in [4.69, 9.17) is 18.9 Å². The Morgan fingerprint density at radius 2 is 1.00 bits per heavy atom. The van der Waals surface area contributed by atoms with Crippen LogP contribution in [-0.4, -0.2) is 60.6 Å². The fraction of sp³-hybridized carbons (Fsp3) is 0.727. The van der Waals surface area contributed by atoms with Gasteiger partial charge in [0.1, 0.15) is 23.3 Å². The van der Waals surface area contributed by atoms with Crippen LogP contribution < -0.4 is 10.6 Å². The van der Waals surface area contributed by atoms with Gasteiger partial charge in [0.15, 0.2) is 0 Å². The maximum atomic E-state index is 11.9. The van der Waals surface area contributed by atoms with Crippen LogP contribution >= 0.6 is 0 Å². The highest BCUT2D eigenvalue weighted by Gasteiger charge is 2.22. The second-order valence-electron chi connectivity index (χ2n) is 9.12. The van der Waals surface area contributed by atoms with E-state index >= 15 is 0 Å². The summed E-state index contributed by atoms with van der Waals surface area (Å²) in [7, 11) is 0. The van der Waals surface area contributed by atoms with Crippen LogP contribution in [0, 0.1) is 0 Å². The van der Waals surface area contributed by atoms with Crippen molar-refractivity contribution in [3.05, 3.63) is 12.2 Å². The molecule has 0 aliphatic heterocycles. The molecule has 0 aromatic carbocycles. The summed E-state index contributed by atoms with van der Waals surface area (Å²) in [5.74, 6) is -1.13. The molecule has 2 amide bonds. The number of carbonyl (C=O) groups excluding carboxylic acids is 4. The molecule has 0 aliphatic carbocycles. The average Bonchev–Trinajstić information content (AvgIpc) is 2.59. The number of nitrogens with one attached hydrogen (secondary N) is 2. The quantitative estimate of drug-likeness (QED) is 0.221. The topological polar surface area (TPSA) is 129 Å². The van der Waals surface area contributed by atoms with Gasteiger partial charge in [0, 0.05) is 0 Å². The van der Waals surface area contributed by atoms with Gasteiger partial charge in [0.05, 0.1) is 13.2 Å². The minimum Gasteiger partial charge on any atom is -0.464 e. The van der Waals surface area contributed by atoms with E-state index in [2.05, 4.69) is 10.6 Å². The molecule has 0 rings (SSSR count). The fourth-order valence-corrected chi connectivity index (χ4v) is 2.03. The Hall–Kier alpha value is -2.78. The van der Waals surface area contributed by atoms with Crippen molar-refractivity contribution in [1.29, 1.82) is 0 Å². The molecule has 2 atom stereocenters. The van der Waals surface area contributed by atoms with Gasteiger partial charge in [-0.25, -0.2) is 19.2 Å². The lowest BCUT2D eigenvalue weighted by molar-refractivity contribution is -0.146. The highest BCUT2D eigenvalue weighted by molar-refractivity contribution is 5.81. The van der Waals surface area contributed by atoms with Crippen molar-refractivity contribution in [2.75, 3.05) is 13.2 Å². The molecule has 10 heteroatoms. The van der Waals surface area contributed by atoms with Crippen molar-refractivity contribution in [1.82, 2.24) is 10.6 Å². The normalized spacial score (nSPS) is 13.6. The van der Waals surface area contributed by atoms with Crippen molar-refractivity contribution in [2.24, 2.45) is 0 Å². The van der Waals surface area contributed by atoms with Crippen LogP contribution in [0.5, 0.6) is 0 Å². The molecule has 0 aromatic rings. The largest absolute Gasteiger partial charge is 0.464 e. The highest BCUT2D eigenvalue weighted by Crippen LogP contribution is 2.08. The lowest BCUT2D eigenvalue weighted by Gasteiger charge is -2.21. The van der Waals surface area contributed by atoms with Gasteiger partial charge < -0.3 is 29.6 Å². The Morgan fingerprint density at radius 1 is 0.688 bits per heavy atom. The number of alkyl carbamates (subject to hydrolysis) is 2. The maximum absolute atomic E-state index is 11.9. The highest BCUT2D eigenvalue weighted by atomic mass is 16.6. The Morgan fingerprint density at radius 3 is 1.28 bits per heavy atom. The standard InChI is InChI=1S/C22H38N2O8/c1-15(23-19(27)31-21(3,4)5)17(25)29-13-11-9-10-12-14-30-18(26)16(2)24-20(28)32-22(6,7)8/h9-10,15-16H,11-14H2,1-8H3,(H,23,27)(H,24,28)/b10-9+/t15-,16-/m0/s1. The van der Waals surface area contributed by atoms with E-state index in [0.717, 1.165) is 0 Å². The predicted octanol–water partition coefficient (Wildman–Crippen LogP) is 3.24. The van der Waals surface area contributed by atoms with Crippen LogP contribution in [0.15, 0.2) is 12.2 Å². The first-order valence-corrected chi connectivity index (χ1v) is 10.6. The summed E-state index contributed by atoms with van der Waals surface area (Å²) >= 11 is 0. The predicted molar refractivity (Wildman–Crippen MR) is 118 cm³/mol. The van der Waals surface area contributed by atoms with Crippen LogP contribution in [-0.2, 0) is 28.5 Å². The molecular formula is C22H38N2O8. The van der Waals surface area contributed by atoms with E-state index in [1.54, 1.807) is 53.7 Å². The molecule has 0 saturated carbocycles. The van der Waals surface area contributed by atoms with Gasteiger partial charge >= 0.3 is 24.1 Å². The van der Waals surface area contributed by atoms with E-state index in [1.807, 2.05) is 0 Å². The van der Waals surface area contributed by atoms with Gasteiger partial charge in [-0.15, -0.1) is 0 Å². The summed E-state index contributed by atoms with van der Waals surface area (Å²) in [4.78, 5) is 47.0. The summed E-state index contributed by atoms with van der Waals surface area (Å²) < 4.78 is 20.3. The lowest BCUT2D eigenvalue weighted by Crippen LogP contribution is -2.42. The van der Waals surface area contributed by atoms with Crippen molar-refractivity contribution in [3.8, 4) is 0 Å². The SMILES string of the molecule is C[C@H](NC(=O)OC(C)(C)C)C(=O)OCC/C=C/CCOC(=O)[C@H](C)NC(=O)OC(C)(C)C. The molecule has 32 heavy (non-hydrogen) atoms. The third kappa shape index (κ3) is 16.0. The van der Waals surface area contributed by atoms with Crippen LogP contribution in [0.4, 0.5) is 9.59 Å². The molecule has 0 unspecified atom stereocenters. The number of amides is 2. The molecular weight excluding hydrogens is 420 g/mol. The molecule has 0 spiro atoms. The smallest absolute Gasteiger partial charge is 0.408 e. The summed E-state index contributed by atoms with van der Waals surface area (Å²) in [5.41, 5.74) is -1.31. The molecule has 0 heterocycles. The van der Waals surface area contributed by atoms with Gasteiger partial charge in [-0.1, -0.05) is 12.2 Å². The van der Waals surface area contributed by atoms with Crippen LogP contribution in [0.3, 0.4) is 0 Å². The van der Waals surface area contributed by atoms with Crippen molar-refractivity contribution < 1.29 is 38.1 Å². The molecule has 0 bridgehead atoms. The molecule has 0 fully saturated rings. The number of hydrogen-bond acceptors (Lipinski definition) is 8. The van der Waals surface area contributed by atoms with Crippen molar-refractivity contribution in [3.63, 3.8) is 0 Å². The van der Waals surface area contributed by atoms with E-state index in [1.165, 1.54) is 13.8 Å². The zero-order valence-corrected chi connectivity index (χ0v) is 20.4. The molecule has 0 radical (unpaired) electrons. The van der Waals surface area contributed by atoms with E-state index in [0.29, 0.717) is 12.8 Å². The Bertz CT molecular complexity index is 606. The zero-order chi connectivity index (χ0) is 24.9. The Labute approximate surface area is 190 Å². The average molecular weight is 459 g/mol.